The van der Waals surface area contributed by atoms with Crippen molar-refractivity contribution in [3.63, 3.8) is 0 Å². The lowest BCUT2D eigenvalue weighted by Gasteiger charge is -2.10. The maximum Gasteiger partial charge on any atom is 0.261 e. The zero-order valence-corrected chi connectivity index (χ0v) is 12.0. The third-order valence-electron chi connectivity index (χ3n) is 4.09. The standard InChI is InChI=1S/C15H14N6O/c1-9-3-4-12-10(9)7-11(13-20-18-8-21(12)13)14(22)19-15-16-5-2-6-17-15/h2,5-9H,3-4H2,1H3,(H,16,17,19,22)/t9-/m1/s1. The van der Waals surface area contributed by atoms with Gasteiger partial charge in [0, 0.05) is 18.1 Å². The summed E-state index contributed by atoms with van der Waals surface area (Å²) in [6.07, 6.45) is 6.90. The topological polar surface area (TPSA) is 85.1 Å². The van der Waals surface area contributed by atoms with Crippen molar-refractivity contribution in [3.05, 3.63) is 47.7 Å². The zero-order chi connectivity index (χ0) is 15.1. The summed E-state index contributed by atoms with van der Waals surface area (Å²) in [5.41, 5.74) is 3.45. The Morgan fingerprint density at radius 3 is 3.00 bits per heavy atom. The van der Waals surface area contributed by atoms with Crippen LogP contribution >= 0.6 is 0 Å². The molecule has 7 nitrogen and oxygen atoms in total. The predicted molar refractivity (Wildman–Crippen MR) is 79.7 cm³/mol. The number of fused-ring (bicyclic) bond motifs is 3. The van der Waals surface area contributed by atoms with E-state index in [0.29, 0.717) is 17.1 Å². The Morgan fingerprint density at radius 2 is 2.18 bits per heavy atom. The van der Waals surface area contributed by atoms with Gasteiger partial charge in [-0.3, -0.25) is 14.5 Å². The van der Waals surface area contributed by atoms with Gasteiger partial charge >= 0.3 is 0 Å². The van der Waals surface area contributed by atoms with E-state index in [1.54, 1.807) is 24.8 Å². The van der Waals surface area contributed by atoms with Gasteiger partial charge in [0.2, 0.25) is 5.95 Å². The highest BCUT2D eigenvalue weighted by molar-refractivity contribution is 6.07. The third-order valence-corrected chi connectivity index (χ3v) is 4.09. The zero-order valence-electron chi connectivity index (χ0n) is 12.0. The molecule has 0 spiro atoms. The van der Waals surface area contributed by atoms with Gasteiger partial charge in [-0.05, 0) is 36.5 Å². The molecule has 0 aromatic carbocycles. The first-order valence-corrected chi connectivity index (χ1v) is 7.18. The minimum Gasteiger partial charge on any atom is -0.290 e. The largest absolute Gasteiger partial charge is 0.290 e. The van der Waals surface area contributed by atoms with Crippen LogP contribution in [-0.4, -0.2) is 30.5 Å². The minimum atomic E-state index is -0.272. The normalized spacial score (nSPS) is 16.7. The van der Waals surface area contributed by atoms with Crippen LogP contribution in [0.25, 0.3) is 5.65 Å². The van der Waals surface area contributed by atoms with E-state index in [0.717, 1.165) is 12.8 Å². The smallest absolute Gasteiger partial charge is 0.261 e. The fourth-order valence-corrected chi connectivity index (χ4v) is 2.96. The Kier molecular flexibility index (Phi) is 2.85. The van der Waals surface area contributed by atoms with Gasteiger partial charge in [0.05, 0.1) is 5.56 Å². The molecule has 1 aliphatic carbocycles. The first kappa shape index (κ1) is 12.9. The molecule has 1 N–H and O–H groups in total. The molecule has 0 aliphatic heterocycles. The number of carbonyl (C=O) groups excluding carboxylic acids is 1. The summed E-state index contributed by atoms with van der Waals surface area (Å²) in [7, 11) is 0. The van der Waals surface area contributed by atoms with Gasteiger partial charge in [-0.15, -0.1) is 10.2 Å². The number of nitrogens with zero attached hydrogens (tertiary/aromatic N) is 5. The van der Waals surface area contributed by atoms with Crippen LogP contribution in [0.1, 0.15) is 40.9 Å². The van der Waals surface area contributed by atoms with Gasteiger partial charge in [0.1, 0.15) is 6.33 Å². The highest BCUT2D eigenvalue weighted by atomic mass is 16.1. The van der Waals surface area contributed by atoms with Gasteiger partial charge in [0.15, 0.2) is 5.65 Å². The van der Waals surface area contributed by atoms with Crippen LogP contribution in [0.4, 0.5) is 5.95 Å². The summed E-state index contributed by atoms with van der Waals surface area (Å²) in [5.74, 6) is 0.436. The highest BCUT2D eigenvalue weighted by Gasteiger charge is 2.25. The van der Waals surface area contributed by atoms with Gasteiger partial charge < -0.3 is 0 Å². The van der Waals surface area contributed by atoms with Gasteiger partial charge in [-0.1, -0.05) is 6.92 Å². The number of aromatic nitrogens is 5. The van der Waals surface area contributed by atoms with E-state index in [4.69, 9.17) is 0 Å². The van der Waals surface area contributed by atoms with Crippen LogP contribution in [0.5, 0.6) is 0 Å². The molecule has 1 atom stereocenters. The summed E-state index contributed by atoms with van der Waals surface area (Å²) < 4.78 is 1.92. The molecule has 0 unspecified atom stereocenters. The molecular formula is C15H14N6O. The van der Waals surface area contributed by atoms with Crippen LogP contribution in [-0.2, 0) is 6.42 Å². The summed E-state index contributed by atoms with van der Waals surface area (Å²) >= 11 is 0. The summed E-state index contributed by atoms with van der Waals surface area (Å²) in [6, 6.07) is 3.62. The van der Waals surface area contributed by atoms with Crippen molar-refractivity contribution in [1.29, 1.82) is 0 Å². The molecular weight excluding hydrogens is 280 g/mol. The van der Waals surface area contributed by atoms with Crippen molar-refractivity contribution < 1.29 is 4.79 Å². The Bertz CT molecular complexity index is 857. The molecule has 1 aliphatic rings. The van der Waals surface area contributed by atoms with E-state index in [1.807, 2.05) is 10.5 Å². The minimum absolute atomic E-state index is 0.272. The summed E-state index contributed by atoms with van der Waals surface area (Å²) in [4.78, 5) is 20.6. The third kappa shape index (κ3) is 1.93. The highest BCUT2D eigenvalue weighted by Crippen LogP contribution is 2.34. The average Bonchev–Trinajstić information content (AvgIpc) is 3.14. The lowest BCUT2D eigenvalue weighted by atomic mass is 10.0. The van der Waals surface area contributed by atoms with Crippen molar-refractivity contribution in [2.45, 2.75) is 25.7 Å². The molecule has 0 fully saturated rings. The molecule has 3 aromatic heterocycles. The molecule has 3 aromatic rings. The molecule has 0 saturated carbocycles. The van der Waals surface area contributed by atoms with Crippen molar-refractivity contribution in [3.8, 4) is 0 Å². The molecule has 1 amide bonds. The quantitative estimate of drug-likeness (QED) is 0.779. The monoisotopic (exact) mass is 294 g/mol. The fourth-order valence-electron chi connectivity index (χ4n) is 2.96. The molecule has 0 bridgehead atoms. The summed E-state index contributed by atoms with van der Waals surface area (Å²) in [5, 5.41) is 10.8. The second kappa shape index (κ2) is 4.87. The van der Waals surface area contributed by atoms with Crippen LogP contribution in [0.2, 0.25) is 0 Å². The molecule has 3 heterocycles. The second-order valence-electron chi connectivity index (χ2n) is 5.45. The lowest BCUT2D eigenvalue weighted by molar-refractivity contribution is 0.102. The van der Waals surface area contributed by atoms with Crippen molar-refractivity contribution >= 4 is 17.5 Å². The van der Waals surface area contributed by atoms with Gasteiger partial charge in [-0.2, -0.15) is 0 Å². The second-order valence-corrected chi connectivity index (χ2v) is 5.45. The molecule has 22 heavy (non-hydrogen) atoms. The van der Waals surface area contributed by atoms with Crippen molar-refractivity contribution in [2.24, 2.45) is 0 Å². The van der Waals surface area contributed by atoms with Gasteiger partial charge in [-0.25, -0.2) is 9.97 Å². The maximum absolute atomic E-state index is 12.6. The van der Waals surface area contributed by atoms with Crippen molar-refractivity contribution in [2.75, 3.05) is 5.32 Å². The number of aryl methyl sites for hydroxylation is 1. The SMILES string of the molecule is C[C@@H]1CCc2c1cc(C(=O)Nc1ncccn1)c1nncn21. The Labute approximate surface area is 126 Å². The van der Waals surface area contributed by atoms with Crippen molar-refractivity contribution in [1.82, 2.24) is 24.6 Å². The van der Waals surface area contributed by atoms with Gasteiger partial charge in [0.25, 0.3) is 5.91 Å². The number of carbonyl (C=O) groups is 1. The van der Waals surface area contributed by atoms with E-state index < -0.39 is 0 Å². The number of anilines is 1. The van der Waals surface area contributed by atoms with Crippen LogP contribution in [0.3, 0.4) is 0 Å². The number of amides is 1. The number of hydrogen-bond donors (Lipinski definition) is 1. The molecule has 4 rings (SSSR count). The number of nitrogens with one attached hydrogen (secondary N) is 1. The molecule has 0 saturated heterocycles. The number of pyridine rings is 1. The van der Waals surface area contributed by atoms with Crippen LogP contribution in [0, 0.1) is 0 Å². The number of hydrogen-bond acceptors (Lipinski definition) is 5. The molecule has 7 heteroatoms. The van der Waals surface area contributed by atoms with E-state index in [1.165, 1.54) is 11.3 Å². The Balaban J connectivity index is 1.80. The Morgan fingerprint density at radius 1 is 1.36 bits per heavy atom. The molecule has 0 radical (unpaired) electrons. The van der Waals surface area contributed by atoms with E-state index in [9.17, 15) is 4.79 Å². The first-order valence-electron chi connectivity index (χ1n) is 7.18. The van der Waals surface area contributed by atoms with E-state index >= 15 is 0 Å². The molecule has 110 valence electrons. The van der Waals surface area contributed by atoms with E-state index in [2.05, 4.69) is 32.4 Å². The Hall–Kier alpha value is -2.83. The average molecular weight is 294 g/mol. The van der Waals surface area contributed by atoms with Crippen LogP contribution in [0.15, 0.2) is 30.9 Å². The predicted octanol–water partition coefficient (Wildman–Crippen LogP) is 1.82. The maximum atomic E-state index is 12.6. The lowest BCUT2D eigenvalue weighted by Crippen LogP contribution is -2.16. The number of rotatable bonds is 2. The summed E-state index contributed by atoms with van der Waals surface area (Å²) in [6.45, 7) is 2.17. The van der Waals surface area contributed by atoms with Crippen LogP contribution < -0.4 is 5.32 Å². The fraction of sp³-hybridized carbons (Fsp3) is 0.267. The van der Waals surface area contributed by atoms with E-state index in [-0.39, 0.29) is 11.9 Å². The first-order chi connectivity index (χ1) is 10.7.